The highest BCUT2D eigenvalue weighted by molar-refractivity contribution is 7.48. The van der Waals surface area contributed by atoms with Gasteiger partial charge in [0.05, 0.1) is 13.2 Å². The molecule has 0 aliphatic carbocycles. The third kappa shape index (κ3) is 8.32. The van der Waals surface area contributed by atoms with E-state index in [0.717, 1.165) is 44.1 Å². The van der Waals surface area contributed by atoms with Crippen LogP contribution in [0.5, 0.6) is 5.75 Å². The average Bonchev–Trinajstić information content (AvgIpc) is 2.57. The van der Waals surface area contributed by atoms with Crippen molar-refractivity contribution in [3.63, 3.8) is 0 Å². The number of unbranched alkanes of at least 4 members (excludes halogenated alkanes) is 2. The van der Waals surface area contributed by atoms with E-state index in [0.29, 0.717) is 24.9 Å². The second-order valence-corrected chi connectivity index (χ2v) is 7.84. The number of phosphoric acid groups is 1. The SMILES string of the molecule is CCCCOP(=O)(OCC(CC)CCCC)Oc1ccc(C)cc1. The molecule has 0 radical (unpaired) electrons. The summed E-state index contributed by atoms with van der Waals surface area (Å²) in [6.45, 7) is 9.16. The standard InChI is InChI=1S/C19H33O4P/c1-5-8-10-18(7-3)16-22-24(20,21-15-9-6-2)23-19-13-11-17(4)12-14-19/h11-14,18H,5-10,15-16H2,1-4H3. The molecule has 0 bridgehead atoms. The van der Waals surface area contributed by atoms with Crippen molar-refractivity contribution in [2.45, 2.75) is 66.2 Å². The van der Waals surface area contributed by atoms with E-state index in [1.54, 1.807) is 12.1 Å². The Hall–Kier alpha value is -0.830. The molecule has 0 N–H and O–H groups in total. The van der Waals surface area contributed by atoms with Gasteiger partial charge in [-0.3, -0.25) is 9.05 Å². The van der Waals surface area contributed by atoms with Crippen LogP contribution in [0.4, 0.5) is 0 Å². The number of phosphoric ester groups is 1. The van der Waals surface area contributed by atoms with Crippen molar-refractivity contribution in [2.75, 3.05) is 13.2 Å². The fraction of sp³-hybridized carbons (Fsp3) is 0.684. The van der Waals surface area contributed by atoms with Gasteiger partial charge in [-0.2, -0.15) is 0 Å². The predicted molar refractivity (Wildman–Crippen MR) is 99.5 cm³/mol. The van der Waals surface area contributed by atoms with Crippen molar-refractivity contribution in [2.24, 2.45) is 5.92 Å². The van der Waals surface area contributed by atoms with E-state index in [4.69, 9.17) is 13.6 Å². The zero-order valence-electron chi connectivity index (χ0n) is 15.6. The monoisotopic (exact) mass is 356 g/mol. The van der Waals surface area contributed by atoms with Crippen LogP contribution in [0, 0.1) is 12.8 Å². The molecule has 0 heterocycles. The van der Waals surface area contributed by atoms with Crippen molar-refractivity contribution in [3.05, 3.63) is 29.8 Å². The quantitative estimate of drug-likeness (QED) is 0.298. The lowest BCUT2D eigenvalue weighted by atomic mass is 10.0. The molecule has 0 aliphatic heterocycles. The molecule has 0 saturated carbocycles. The van der Waals surface area contributed by atoms with Crippen LogP contribution < -0.4 is 4.52 Å². The van der Waals surface area contributed by atoms with Crippen LogP contribution in [-0.4, -0.2) is 13.2 Å². The second kappa shape index (κ2) is 11.7. The normalized spacial score (nSPS) is 15.0. The minimum atomic E-state index is -3.59. The van der Waals surface area contributed by atoms with E-state index in [1.807, 2.05) is 19.1 Å². The summed E-state index contributed by atoms with van der Waals surface area (Å²) >= 11 is 0. The number of aryl methyl sites for hydroxylation is 1. The number of hydrogen-bond donors (Lipinski definition) is 0. The molecule has 2 unspecified atom stereocenters. The highest BCUT2D eigenvalue weighted by Gasteiger charge is 2.29. The van der Waals surface area contributed by atoms with Gasteiger partial charge in [0.2, 0.25) is 0 Å². The summed E-state index contributed by atoms with van der Waals surface area (Å²) in [5.41, 5.74) is 1.12. The van der Waals surface area contributed by atoms with Gasteiger partial charge in [-0.05, 0) is 37.8 Å². The Kier molecular flexibility index (Phi) is 10.3. The fourth-order valence-corrected chi connectivity index (χ4v) is 3.54. The summed E-state index contributed by atoms with van der Waals surface area (Å²) in [6.07, 6.45) is 6.19. The average molecular weight is 356 g/mol. The Morgan fingerprint density at radius 1 is 1.00 bits per heavy atom. The first-order valence-electron chi connectivity index (χ1n) is 9.18. The van der Waals surface area contributed by atoms with E-state index < -0.39 is 7.82 Å². The molecule has 0 aromatic heterocycles. The Labute approximate surface area is 147 Å². The molecule has 0 aliphatic rings. The summed E-state index contributed by atoms with van der Waals surface area (Å²) < 4.78 is 29.8. The first-order chi connectivity index (χ1) is 11.5. The van der Waals surface area contributed by atoms with Gasteiger partial charge in [0.25, 0.3) is 0 Å². The maximum absolute atomic E-state index is 13.0. The Balaban J connectivity index is 2.69. The third-order valence-electron chi connectivity index (χ3n) is 4.00. The van der Waals surface area contributed by atoms with Gasteiger partial charge in [0, 0.05) is 0 Å². The fourth-order valence-electron chi connectivity index (χ4n) is 2.23. The molecule has 24 heavy (non-hydrogen) atoms. The van der Waals surface area contributed by atoms with Crippen LogP contribution in [0.2, 0.25) is 0 Å². The molecule has 138 valence electrons. The van der Waals surface area contributed by atoms with Gasteiger partial charge in [-0.25, -0.2) is 4.57 Å². The lowest BCUT2D eigenvalue weighted by Crippen LogP contribution is -2.11. The maximum atomic E-state index is 13.0. The summed E-state index contributed by atoms with van der Waals surface area (Å²) in [7, 11) is -3.59. The molecule has 0 fully saturated rings. The van der Waals surface area contributed by atoms with Crippen LogP contribution in [-0.2, 0) is 13.6 Å². The van der Waals surface area contributed by atoms with Gasteiger partial charge < -0.3 is 4.52 Å². The second-order valence-electron chi connectivity index (χ2n) is 6.25. The van der Waals surface area contributed by atoms with Crippen LogP contribution >= 0.6 is 7.82 Å². The minimum absolute atomic E-state index is 0.380. The van der Waals surface area contributed by atoms with E-state index in [2.05, 4.69) is 20.8 Å². The molecule has 2 atom stereocenters. The van der Waals surface area contributed by atoms with Crippen molar-refractivity contribution in [1.82, 2.24) is 0 Å². The number of hydrogen-bond acceptors (Lipinski definition) is 4. The Morgan fingerprint density at radius 2 is 1.67 bits per heavy atom. The van der Waals surface area contributed by atoms with E-state index in [9.17, 15) is 4.57 Å². The summed E-state index contributed by atoms with van der Waals surface area (Å²) in [5.74, 6) is 0.900. The summed E-state index contributed by atoms with van der Waals surface area (Å²) in [4.78, 5) is 0. The van der Waals surface area contributed by atoms with Crippen LogP contribution in [0.3, 0.4) is 0 Å². The van der Waals surface area contributed by atoms with Gasteiger partial charge in [0.1, 0.15) is 5.75 Å². The largest absolute Gasteiger partial charge is 0.530 e. The van der Waals surface area contributed by atoms with Gasteiger partial charge in [-0.15, -0.1) is 0 Å². The Morgan fingerprint density at radius 3 is 2.25 bits per heavy atom. The summed E-state index contributed by atoms with van der Waals surface area (Å²) in [6, 6.07) is 7.43. The van der Waals surface area contributed by atoms with Gasteiger partial charge in [-0.1, -0.05) is 64.2 Å². The predicted octanol–water partition coefficient (Wildman–Crippen LogP) is 6.53. The first-order valence-corrected chi connectivity index (χ1v) is 10.6. The molecule has 1 aromatic rings. The summed E-state index contributed by atoms with van der Waals surface area (Å²) in [5, 5.41) is 0. The van der Waals surface area contributed by atoms with Crippen molar-refractivity contribution in [1.29, 1.82) is 0 Å². The molecule has 4 nitrogen and oxygen atoms in total. The first kappa shape index (κ1) is 21.2. The Bertz CT molecular complexity index is 487. The number of benzene rings is 1. The van der Waals surface area contributed by atoms with Gasteiger partial charge in [0.15, 0.2) is 0 Å². The number of rotatable bonds is 13. The topological polar surface area (TPSA) is 44.8 Å². The van der Waals surface area contributed by atoms with E-state index >= 15 is 0 Å². The van der Waals surface area contributed by atoms with Crippen LogP contribution in [0.25, 0.3) is 0 Å². The highest BCUT2D eigenvalue weighted by atomic mass is 31.2. The highest BCUT2D eigenvalue weighted by Crippen LogP contribution is 2.50. The molecule has 5 heteroatoms. The van der Waals surface area contributed by atoms with Crippen LogP contribution in [0.15, 0.2) is 24.3 Å². The molecule has 1 aromatic carbocycles. The zero-order valence-corrected chi connectivity index (χ0v) is 16.5. The van der Waals surface area contributed by atoms with Crippen molar-refractivity contribution >= 4 is 7.82 Å². The van der Waals surface area contributed by atoms with Crippen molar-refractivity contribution < 1.29 is 18.1 Å². The zero-order chi connectivity index (χ0) is 17.8. The lowest BCUT2D eigenvalue weighted by Gasteiger charge is -2.21. The van der Waals surface area contributed by atoms with Crippen molar-refractivity contribution in [3.8, 4) is 5.75 Å². The van der Waals surface area contributed by atoms with Crippen LogP contribution in [0.1, 0.15) is 64.9 Å². The third-order valence-corrected chi connectivity index (χ3v) is 5.40. The van der Waals surface area contributed by atoms with Gasteiger partial charge >= 0.3 is 7.82 Å². The molecule has 1 rings (SSSR count). The molecular formula is C19H33O4P. The maximum Gasteiger partial charge on any atom is 0.530 e. The van der Waals surface area contributed by atoms with E-state index in [-0.39, 0.29) is 0 Å². The van der Waals surface area contributed by atoms with E-state index in [1.165, 1.54) is 0 Å². The minimum Gasteiger partial charge on any atom is -0.404 e. The molecular weight excluding hydrogens is 323 g/mol. The smallest absolute Gasteiger partial charge is 0.404 e. The molecule has 0 spiro atoms. The lowest BCUT2D eigenvalue weighted by molar-refractivity contribution is 0.131. The molecule has 0 amide bonds. The molecule has 0 saturated heterocycles.